The summed E-state index contributed by atoms with van der Waals surface area (Å²) in [6.07, 6.45) is 0. The first kappa shape index (κ1) is 13.6. The molecule has 3 aromatic rings. The topological polar surface area (TPSA) is 98.2 Å². The number of urea groups is 1. The Hall–Kier alpha value is -2.38. The second-order valence-electron chi connectivity index (χ2n) is 4.35. The highest BCUT2D eigenvalue weighted by atomic mass is 32.1. The molecule has 0 bridgehead atoms. The summed E-state index contributed by atoms with van der Waals surface area (Å²) in [5, 5.41) is 5.56. The van der Waals surface area contributed by atoms with E-state index in [0.717, 1.165) is 20.5 Å². The molecule has 0 atom stereocenters. The van der Waals surface area contributed by atoms with Crippen LogP contribution in [-0.4, -0.2) is 11.9 Å². The van der Waals surface area contributed by atoms with Crippen LogP contribution in [-0.2, 0) is 0 Å². The lowest BCUT2D eigenvalue weighted by molar-refractivity contribution is 0.100. The largest absolute Gasteiger partial charge is 0.365 e. The molecule has 0 unspecified atom stereocenters. The van der Waals surface area contributed by atoms with Gasteiger partial charge in [0.1, 0.15) is 4.88 Å². The normalized spacial score (nSPS) is 10.7. The second-order valence-corrected chi connectivity index (χ2v) is 6.32. The molecule has 106 valence electrons. The number of carbonyl (C=O) groups excluding carboxylic acids is 2. The lowest BCUT2D eigenvalue weighted by Gasteiger charge is -1.98. The van der Waals surface area contributed by atoms with Gasteiger partial charge in [-0.05, 0) is 12.1 Å². The summed E-state index contributed by atoms with van der Waals surface area (Å²) in [5.41, 5.74) is 11.8. The fourth-order valence-electron chi connectivity index (χ4n) is 2.10. The van der Waals surface area contributed by atoms with Crippen LogP contribution in [0.2, 0.25) is 0 Å². The minimum atomic E-state index is -0.725. The summed E-state index contributed by atoms with van der Waals surface area (Å²) in [6, 6.07) is 9.00. The van der Waals surface area contributed by atoms with Gasteiger partial charge in [-0.15, -0.1) is 22.7 Å². The van der Waals surface area contributed by atoms with Crippen LogP contribution >= 0.6 is 22.7 Å². The van der Waals surface area contributed by atoms with E-state index in [1.165, 1.54) is 11.3 Å². The first-order valence-electron chi connectivity index (χ1n) is 6.03. The van der Waals surface area contributed by atoms with Crippen LogP contribution in [0.15, 0.2) is 35.7 Å². The van der Waals surface area contributed by atoms with Crippen molar-refractivity contribution in [3.8, 4) is 10.4 Å². The van der Waals surface area contributed by atoms with Crippen molar-refractivity contribution in [2.45, 2.75) is 0 Å². The Morgan fingerprint density at radius 2 is 1.90 bits per heavy atom. The van der Waals surface area contributed by atoms with Gasteiger partial charge in [0.25, 0.3) is 5.91 Å². The van der Waals surface area contributed by atoms with Crippen LogP contribution in [0.4, 0.5) is 10.5 Å². The van der Waals surface area contributed by atoms with E-state index in [0.29, 0.717) is 10.6 Å². The molecule has 0 aliphatic rings. The predicted octanol–water partition coefficient (Wildman–Crippen LogP) is 3.22. The molecule has 0 radical (unpaired) electrons. The Balaban J connectivity index is 2.14. The van der Waals surface area contributed by atoms with Crippen molar-refractivity contribution >= 4 is 50.4 Å². The van der Waals surface area contributed by atoms with Gasteiger partial charge in [-0.1, -0.05) is 18.2 Å². The average molecular weight is 317 g/mol. The van der Waals surface area contributed by atoms with Gasteiger partial charge in [-0.3, -0.25) is 4.79 Å². The smallest absolute Gasteiger partial charge is 0.316 e. The SMILES string of the molecule is NC(=O)Nc1cc(-c2csc3ccccc23)sc1C(N)=O. The summed E-state index contributed by atoms with van der Waals surface area (Å²) in [4.78, 5) is 23.7. The molecule has 0 spiro atoms. The minimum absolute atomic E-state index is 0.291. The number of hydrogen-bond acceptors (Lipinski definition) is 4. The van der Waals surface area contributed by atoms with Gasteiger partial charge < -0.3 is 16.8 Å². The Kier molecular flexibility index (Phi) is 3.36. The number of nitrogens with two attached hydrogens (primary N) is 2. The molecule has 0 aliphatic carbocycles. The van der Waals surface area contributed by atoms with Crippen LogP contribution in [0, 0.1) is 0 Å². The van der Waals surface area contributed by atoms with E-state index in [-0.39, 0.29) is 0 Å². The molecule has 7 heteroatoms. The molecule has 5 nitrogen and oxygen atoms in total. The summed E-state index contributed by atoms with van der Waals surface area (Å²) in [7, 11) is 0. The van der Waals surface area contributed by atoms with Gasteiger partial charge in [-0.25, -0.2) is 4.79 Å². The van der Waals surface area contributed by atoms with Gasteiger partial charge in [0.2, 0.25) is 0 Å². The van der Waals surface area contributed by atoms with E-state index < -0.39 is 11.9 Å². The third-order valence-electron chi connectivity index (χ3n) is 2.96. The van der Waals surface area contributed by atoms with Crippen LogP contribution in [0.5, 0.6) is 0 Å². The Bertz CT molecular complexity index is 851. The Labute approximate surface area is 128 Å². The van der Waals surface area contributed by atoms with Gasteiger partial charge in [-0.2, -0.15) is 0 Å². The lowest BCUT2D eigenvalue weighted by Crippen LogP contribution is -2.21. The van der Waals surface area contributed by atoms with Crippen molar-refractivity contribution in [3.63, 3.8) is 0 Å². The number of fused-ring (bicyclic) bond motifs is 1. The number of primary amides is 2. The van der Waals surface area contributed by atoms with Gasteiger partial charge >= 0.3 is 6.03 Å². The predicted molar refractivity (Wildman–Crippen MR) is 86.9 cm³/mol. The van der Waals surface area contributed by atoms with Crippen LogP contribution in [0.25, 0.3) is 20.5 Å². The van der Waals surface area contributed by atoms with E-state index >= 15 is 0 Å². The number of benzene rings is 1. The molecular formula is C14H11N3O2S2. The molecule has 5 N–H and O–H groups in total. The number of hydrogen-bond donors (Lipinski definition) is 3. The van der Waals surface area contributed by atoms with Gasteiger partial charge in [0.05, 0.1) is 5.69 Å². The van der Waals surface area contributed by atoms with Crippen molar-refractivity contribution in [1.29, 1.82) is 0 Å². The first-order valence-corrected chi connectivity index (χ1v) is 7.72. The number of nitrogens with one attached hydrogen (secondary N) is 1. The quantitative estimate of drug-likeness (QED) is 0.691. The van der Waals surface area contributed by atoms with E-state index in [4.69, 9.17) is 11.5 Å². The standard InChI is InChI=1S/C14H11N3O2S2/c15-13(18)12-9(17-14(16)19)5-11(21-12)8-6-20-10-4-2-1-3-7(8)10/h1-6H,(H2,15,18)(H3,16,17,19). The molecule has 0 fully saturated rings. The molecule has 2 aromatic heterocycles. The zero-order valence-electron chi connectivity index (χ0n) is 10.8. The molecule has 0 aliphatic heterocycles. The summed E-state index contributed by atoms with van der Waals surface area (Å²) in [5.74, 6) is -0.588. The zero-order chi connectivity index (χ0) is 15.0. The van der Waals surface area contributed by atoms with Crippen molar-refractivity contribution in [2.24, 2.45) is 11.5 Å². The highest BCUT2D eigenvalue weighted by Crippen LogP contribution is 2.40. The Morgan fingerprint density at radius 3 is 2.62 bits per heavy atom. The highest BCUT2D eigenvalue weighted by Gasteiger charge is 2.17. The molecule has 3 amide bonds. The Morgan fingerprint density at radius 1 is 1.14 bits per heavy atom. The molecule has 1 aromatic carbocycles. The molecule has 21 heavy (non-hydrogen) atoms. The first-order chi connectivity index (χ1) is 10.1. The van der Waals surface area contributed by atoms with Crippen LogP contribution < -0.4 is 16.8 Å². The van der Waals surface area contributed by atoms with Crippen molar-refractivity contribution in [2.75, 3.05) is 5.32 Å². The van der Waals surface area contributed by atoms with Crippen molar-refractivity contribution < 1.29 is 9.59 Å². The second kappa shape index (κ2) is 5.19. The van der Waals surface area contributed by atoms with E-state index in [1.807, 2.05) is 29.6 Å². The third kappa shape index (κ3) is 2.48. The van der Waals surface area contributed by atoms with E-state index in [1.54, 1.807) is 17.4 Å². The maximum atomic E-state index is 11.5. The number of carbonyl (C=O) groups is 2. The number of anilines is 1. The monoisotopic (exact) mass is 317 g/mol. The highest BCUT2D eigenvalue weighted by molar-refractivity contribution is 7.20. The fourth-order valence-corrected chi connectivity index (χ4v) is 4.13. The van der Waals surface area contributed by atoms with Crippen LogP contribution in [0.3, 0.4) is 0 Å². The maximum absolute atomic E-state index is 11.5. The fraction of sp³-hybridized carbons (Fsp3) is 0. The third-order valence-corrected chi connectivity index (χ3v) is 5.11. The molecule has 0 saturated carbocycles. The molecule has 0 saturated heterocycles. The summed E-state index contributed by atoms with van der Waals surface area (Å²) < 4.78 is 1.16. The lowest BCUT2D eigenvalue weighted by atomic mass is 10.1. The maximum Gasteiger partial charge on any atom is 0.316 e. The molecular weight excluding hydrogens is 306 g/mol. The van der Waals surface area contributed by atoms with E-state index in [9.17, 15) is 9.59 Å². The van der Waals surface area contributed by atoms with Gasteiger partial charge in [0.15, 0.2) is 0 Å². The minimum Gasteiger partial charge on any atom is -0.365 e. The average Bonchev–Trinajstić information content (AvgIpc) is 3.01. The van der Waals surface area contributed by atoms with Crippen molar-refractivity contribution in [1.82, 2.24) is 0 Å². The summed E-state index contributed by atoms with van der Waals surface area (Å²) in [6.45, 7) is 0. The summed E-state index contributed by atoms with van der Waals surface area (Å²) >= 11 is 2.87. The van der Waals surface area contributed by atoms with Crippen LogP contribution in [0.1, 0.15) is 9.67 Å². The number of thiophene rings is 2. The molecule has 3 rings (SSSR count). The van der Waals surface area contributed by atoms with Crippen molar-refractivity contribution in [3.05, 3.63) is 40.6 Å². The number of amides is 3. The number of rotatable bonds is 3. The zero-order valence-corrected chi connectivity index (χ0v) is 12.4. The molecule has 2 heterocycles. The van der Waals surface area contributed by atoms with Gasteiger partial charge in [0, 0.05) is 25.9 Å². The van der Waals surface area contributed by atoms with E-state index in [2.05, 4.69) is 5.32 Å².